The van der Waals surface area contributed by atoms with Gasteiger partial charge in [0.2, 0.25) is 0 Å². The first-order chi connectivity index (χ1) is 10.8. The molecule has 0 atom stereocenters. The van der Waals surface area contributed by atoms with Crippen molar-refractivity contribution in [3.8, 4) is 11.1 Å². The standard InChI is InChI=1S/C19H23ClN2/c20-17-6-3-5-16(14-17)19-7-2-1-4-15(19)8-13-22-18-9-11-21-12-10-18/h1-7,14,18,21-22H,8-13H2. The van der Waals surface area contributed by atoms with E-state index >= 15 is 0 Å². The molecule has 0 unspecified atom stereocenters. The molecule has 0 aromatic heterocycles. The van der Waals surface area contributed by atoms with Crippen LogP contribution in [0.15, 0.2) is 48.5 Å². The van der Waals surface area contributed by atoms with E-state index in [-0.39, 0.29) is 0 Å². The van der Waals surface area contributed by atoms with Crippen LogP contribution in [0.1, 0.15) is 18.4 Å². The van der Waals surface area contributed by atoms with Crippen molar-refractivity contribution in [1.82, 2.24) is 10.6 Å². The summed E-state index contributed by atoms with van der Waals surface area (Å²) in [6.07, 6.45) is 3.51. The molecule has 2 N–H and O–H groups in total. The number of nitrogens with one attached hydrogen (secondary N) is 2. The zero-order valence-corrected chi connectivity index (χ0v) is 13.6. The molecule has 2 nitrogen and oxygen atoms in total. The molecule has 0 amide bonds. The molecule has 2 aromatic carbocycles. The van der Waals surface area contributed by atoms with Crippen LogP contribution in [0.25, 0.3) is 11.1 Å². The molecule has 2 aromatic rings. The SMILES string of the molecule is Clc1cccc(-c2ccccc2CCNC2CCNCC2)c1. The lowest BCUT2D eigenvalue weighted by Crippen LogP contribution is -2.40. The Morgan fingerprint density at radius 3 is 2.68 bits per heavy atom. The number of piperidine rings is 1. The van der Waals surface area contributed by atoms with Crippen molar-refractivity contribution in [2.24, 2.45) is 0 Å². The molecule has 0 bridgehead atoms. The average molecular weight is 315 g/mol. The van der Waals surface area contributed by atoms with E-state index in [1.807, 2.05) is 18.2 Å². The first kappa shape index (κ1) is 15.5. The van der Waals surface area contributed by atoms with E-state index < -0.39 is 0 Å². The molecule has 116 valence electrons. The molecule has 1 aliphatic rings. The molecule has 3 heteroatoms. The molecule has 1 aliphatic heterocycles. The monoisotopic (exact) mass is 314 g/mol. The zero-order valence-electron chi connectivity index (χ0n) is 12.8. The normalized spacial score (nSPS) is 15.9. The summed E-state index contributed by atoms with van der Waals surface area (Å²) in [5.74, 6) is 0. The summed E-state index contributed by atoms with van der Waals surface area (Å²) in [7, 11) is 0. The fourth-order valence-corrected chi connectivity index (χ4v) is 3.30. The third-order valence-electron chi connectivity index (χ3n) is 4.32. The highest BCUT2D eigenvalue weighted by Gasteiger charge is 2.12. The van der Waals surface area contributed by atoms with Crippen molar-refractivity contribution in [2.45, 2.75) is 25.3 Å². The Hall–Kier alpha value is -1.35. The van der Waals surface area contributed by atoms with Crippen molar-refractivity contribution in [3.63, 3.8) is 0 Å². The van der Waals surface area contributed by atoms with Crippen molar-refractivity contribution in [2.75, 3.05) is 19.6 Å². The van der Waals surface area contributed by atoms with Crippen LogP contribution in [0.4, 0.5) is 0 Å². The Morgan fingerprint density at radius 1 is 1.05 bits per heavy atom. The number of rotatable bonds is 5. The third-order valence-corrected chi connectivity index (χ3v) is 4.55. The maximum absolute atomic E-state index is 6.13. The van der Waals surface area contributed by atoms with Gasteiger partial charge in [0.15, 0.2) is 0 Å². The summed E-state index contributed by atoms with van der Waals surface area (Å²) >= 11 is 6.13. The van der Waals surface area contributed by atoms with Crippen LogP contribution in [0.5, 0.6) is 0 Å². The summed E-state index contributed by atoms with van der Waals surface area (Å²) < 4.78 is 0. The molecule has 0 saturated carbocycles. The first-order valence-corrected chi connectivity index (χ1v) is 8.49. The van der Waals surface area contributed by atoms with Crippen LogP contribution in [-0.2, 0) is 6.42 Å². The molecule has 0 radical (unpaired) electrons. The molecular weight excluding hydrogens is 292 g/mol. The maximum atomic E-state index is 6.13. The number of benzene rings is 2. The van der Waals surface area contributed by atoms with Crippen LogP contribution in [-0.4, -0.2) is 25.7 Å². The van der Waals surface area contributed by atoms with Gasteiger partial charge in [0.1, 0.15) is 0 Å². The van der Waals surface area contributed by atoms with Gasteiger partial charge in [-0.2, -0.15) is 0 Å². The molecular formula is C19H23ClN2. The Bertz CT molecular complexity index is 606. The molecule has 0 aliphatic carbocycles. The minimum absolute atomic E-state index is 0.666. The first-order valence-electron chi connectivity index (χ1n) is 8.11. The summed E-state index contributed by atoms with van der Waals surface area (Å²) in [5.41, 5.74) is 3.87. The molecule has 1 heterocycles. The van der Waals surface area contributed by atoms with Crippen LogP contribution < -0.4 is 10.6 Å². The Kier molecular flexibility index (Phi) is 5.49. The Labute approximate surface area is 137 Å². The van der Waals surface area contributed by atoms with Gasteiger partial charge in [-0.1, -0.05) is 48.0 Å². The van der Waals surface area contributed by atoms with Gasteiger partial charge in [-0.25, -0.2) is 0 Å². The highest BCUT2D eigenvalue weighted by atomic mass is 35.5. The number of hydrogen-bond donors (Lipinski definition) is 2. The van der Waals surface area contributed by atoms with Crippen LogP contribution >= 0.6 is 11.6 Å². The lowest BCUT2D eigenvalue weighted by atomic mass is 9.97. The minimum Gasteiger partial charge on any atom is -0.317 e. The summed E-state index contributed by atoms with van der Waals surface area (Å²) in [4.78, 5) is 0. The van der Waals surface area contributed by atoms with E-state index in [9.17, 15) is 0 Å². The van der Waals surface area contributed by atoms with Crippen molar-refractivity contribution in [1.29, 1.82) is 0 Å². The van der Waals surface area contributed by atoms with Gasteiger partial charge in [-0.15, -0.1) is 0 Å². The summed E-state index contributed by atoms with van der Waals surface area (Å²) in [5, 5.41) is 7.89. The van der Waals surface area contributed by atoms with Gasteiger partial charge >= 0.3 is 0 Å². The van der Waals surface area contributed by atoms with E-state index in [2.05, 4.69) is 41.0 Å². The van der Waals surface area contributed by atoms with Gasteiger partial charge in [0, 0.05) is 11.1 Å². The average Bonchev–Trinajstić information content (AvgIpc) is 2.56. The lowest BCUT2D eigenvalue weighted by Gasteiger charge is -2.24. The van der Waals surface area contributed by atoms with Crippen molar-refractivity contribution < 1.29 is 0 Å². The second-order valence-corrected chi connectivity index (χ2v) is 6.33. The van der Waals surface area contributed by atoms with E-state index in [1.165, 1.54) is 29.5 Å². The maximum Gasteiger partial charge on any atom is 0.0412 e. The predicted molar refractivity (Wildman–Crippen MR) is 94.5 cm³/mol. The highest BCUT2D eigenvalue weighted by molar-refractivity contribution is 6.30. The fraction of sp³-hybridized carbons (Fsp3) is 0.368. The van der Waals surface area contributed by atoms with E-state index in [4.69, 9.17) is 11.6 Å². The Morgan fingerprint density at radius 2 is 1.86 bits per heavy atom. The number of halogens is 1. The fourth-order valence-electron chi connectivity index (χ4n) is 3.11. The minimum atomic E-state index is 0.666. The van der Waals surface area contributed by atoms with Crippen LogP contribution in [0.2, 0.25) is 5.02 Å². The summed E-state index contributed by atoms with van der Waals surface area (Å²) in [6.45, 7) is 3.30. The van der Waals surface area contributed by atoms with Crippen LogP contribution in [0.3, 0.4) is 0 Å². The van der Waals surface area contributed by atoms with Gasteiger partial charge in [0.05, 0.1) is 0 Å². The molecule has 22 heavy (non-hydrogen) atoms. The largest absolute Gasteiger partial charge is 0.317 e. The smallest absolute Gasteiger partial charge is 0.0412 e. The van der Waals surface area contributed by atoms with E-state index in [0.717, 1.165) is 31.1 Å². The topological polar surface area (TPSA) is 24.1 Å². The second kappa shape index (κ2) is 7.77. The Balaban J connectivity index is 1.66. The van der Waals surface area contributed by atoms with Crippen LogP contribution in [0, 0.1) is 0 Å². The zero-order chi connectivity index (χ0) is 15.2. The lowest BCUT2D eigenvalue weighted by molar-refractivity contribution is 0.390. The third kappa shape index (κ3) is 4.10. The summed E-state index contributed by atoms with van der Waals surface area (Å²) in [6, 6.07) is 17.4. The number of hydrogen-bond acceptors (Lipinski definition) is 2. The quantitative estimate of drug-likeness (QED) is 0.875. The molecule has 3 rings (SSSR count). The van der Waals surface area contributed by atoms with Crippen molar-refractivity contribution in [3.05, 3.63) is 59.1 Å². The van der Waals surface area contributed by atoms with Crippen molar-refractivity contribution >= 4 is 11.6 Å². The van der Waals surface area contributed by atoms with Gasteiger partial charge < -0.3 is 10.6 Å². The van der Waals surface area contributed by atoms with Gasteiger partial charge in [-0.3, -0.25) is 0 Å². The molecule has 0 spiro atoms. The predicted octanol–water partition coefficient (Wildman–Crippen LogP) is 3.89. The van der Waals surface area contributed by atoms with Gasteiger partial charge in [0.25, 0.3) is 0 Å². The highest BCUT2D eigenvalue weighted by Crippen LogP contribution is 2.26. The van der Waals surface area contributed by atoms with E-state index in [1.54, 1.807) is 0 Å². The van der Waals surface area contributed by atoms with Gasteiger partial charge in [-0.05, 0) is 67.7 Å². The second-order valence-electron chi connectivity index (χ2n) is 5.90. The molecule has 1 saturated heterocycles. The molecule has 1 fully saturated rings. The van der Waals surface area contributed by atoms with E-state index in [0.29, 0.717) is 6.04 Å².